The monoisotopic (exact) mass is 278 g/mol. The number of morpholine rings is 1. The molecule has 1 aliphatic rings. The van der Waals surface area contributed by atoms with E-state index in [4.69, 9.17) is 16.3 Å². The Morgan fingerprint density at radius 3 is 2.84 bits per heavy atom. The zero-order valence-corrected chi connectivity index (χ0v) is 11.5. The molecule has 1 aromatic heterocycles. The first-order valence-electron chi connectivity index (χ1n) is 6.31. The van der Waals surface area contributed by atoms with Crippen molar-refractivity contribution in [2.45, 2.75) is 6.92 Å². The number of H-pyrrole nitrogens is 1. The molecule has 0 bridgehead atoms. The second-order valence-electron chi connectivity index (χ2n) is 4.72. The van der Waals surface area contributed by atoms with Crippen LogP contribution in [0.3, 0.4) is 0 Å². The zero-order valence-electron chi connectivity index (χ0n) is 10.7. The molecule has 0 radical (unpaired) electrons. The van der Waals surface area contributed by atoms with Crippen molar-refractivity contribution in [2.75, 3.05) is 26.3 Å². The van der Waals surface area contributed by atoms with Crippen LogP contribution in [0.5, 0.6) is 0 Å². The van der Waals surface area contributed by atoms with Crippen LogP contribution in [0.4, 0.5) is 0 Å². The van der Waals surface area contributed by atoms with E-state index < -0.39 is 0 Å². The third-order valence-electron chi connectivity index (χ3n) is 3.53. The van der Waals surface area contributed by atoms with E-state index in [0.717, 1.165) is 16.5 Å². The van der Waals surface area contributed by atoms with E-state index >= 15 is 0 Å². The van der Waals surface area contributed by atoms with Gasteiger partial charge < -0.3 is 14.6 Å². The molecule has 2 aromatic rings. The van der Waals surface area contributed by atoms with E-state index in [9.17, 15) is 4.79 Å². The first kappa shape index (κ1) is 12.5. The van der Waals surface area contributed by atoms with Gasteiger partial charge in [-0.3, -0.25) is 4.79 Å². The Labute approximate surface area is 116 Å². The number of benzene rings is 1. The Morgan fingerprint density at radius 2 is 2.11 bits per heavy atom. The fraction of sp³-hybridized carbons (Fsp3) is 0.357. The van der Waals surface area contributed by atoms with Crippen LogP contribution in [-0.4, -0.2) is 42.1 Å². The number of nitrogens with zero attached hydrogens (tertiary/aromatic N) is 1. The molecule has 1 fully saturated rings. The van der Waals surface area contributed by atoms with E-state index in [1.165, 1.54) is 0 Å². The maximum Gasteiger partial charge on any atom is 0.270 e. The van der Waals surface area contributed by atoms with Crippen LogP contribution >= 0.6 is 11.6 Å². The summed E-state index contributed by atoms with van der Waals surface area (Å²) >= 11 is 6.00. The summed E-state index contributed by atoms with van der Waals surface area (Å²) in [6, 6.07) is 5.61. The Balaban J connectivity index is 2.00. The first-order chi connectivity index (χ1) is 9.16. The highest BCUT2D eigenvalue weighted by molar-refractivity contribution is 6.31. The molecule has 4 nitrogen and oxygen atoms in total. The molecule has 0 spiro atoms. The summed E-state index contributed by atoms with van der Waals surface area (Å²) in [5.74, 6) is 0.0353. The molecule has 2 heterocycles. The second kappa shape index (κ2) is 4.87. The smallest absolute Gasteiger partial charge is 0.270 e. The van der Waals surface area contributed by atoms with Gasteiger partial charge in [0.15, 0.2) is 0 Å². The summed E-state index contributed by atoms with van der Waals surface area (Å²) in [4.78, 5) is 17.5. The number of hydrogen-bond donors (Lipinski definition) is 1. The van der Waals surface area contributed by atoms with E-state index in [1.54, 1.807) is 0 Å². The molecular weight excluding hydrogens is 264 g/mol. The Hall–Kier alpha value is -1.52. The molecule has 1 saturated heterocycles. The number of ether oxygens (including phenoxy) is 1. The van der Waals surface area contributed by atoms with Gasteiger partial charge in [0.1, 0.15) is 5.69 Å². The SMILES string of the molecule is Cc1c(C(=O)N2CCOCC2)[nH]c2ccc(Cl)cc12. The van der Waals surface area contributed by atoms with Gasteiger partial charge in [-0.1, -0.05) is 11.6 Å². The zero-order chi connectivity index (χ0) is 13.4. The molecular formula is C14H15ClN2O2. The number of aromatic nitrogens is 1. The molecule has 5 heteroatoms. The minimum absolute atomic E-state index is 0.0353. The van der Waals surface area contributed by atoms with Crippen LogP contribution in [0.1, 0.15) is 16.1 Å². The highest BCUT2D eigenvalue weighted by Gasteiger charge is 2.22. The van der Waals surface area contributed by atoms with Crippen molar-refractivity contribution in [1.82, 2.24) is 9.88 Å². The molecule has 0 aliphatic carbocycles. The summed E-state index contributed by atoms with van der Waals surface area (Å²) < 4.78 is 5.27. The van der Waals surface area contributed by atoms with Gasteiger partial charge in [-0.2, -0.15) is 0 Å². The van der Waals surface area contributed by atoms with Crippen molar-refractivity contribution in [3.05, 3.63) is 34.5 Å². The van der Waals surface area contributed by atoms with E-state index in [-0.39, 0.29) is 5.91 Å². The minimum Gasteiger partial charge on any atom is -0.378 e. The number of nitrogens with one attached hydrogen (secondary N) is 1. The van der Waals surface area contributed by atoms with E-state index in [2.05, 4.69) is 4.98 Å². The lowest BCUT2D eigenvalue weighted by atomic mass is 10.1. The Bertz CT molecular complexity index is 630. The third-order valence-corrected chi connectivity index (χ3v) is 3.77. The average Bonchev–Trinajstić information content (AvgIpc) is 2.76. The van der Waals surface area contributed by atoms with Crippen molar-refractivity contribution < 1.29 is 9.53 Å². The molecule has 0 saturated carbocycles. The summed E-state index contributed by atoms with van der Waals surface area (Å²) in [6.07, 6.45) is 0. The van der Waals surface area contributed by atoms with Crippen molar-refractivity contribution in [3.8, 4) is 0 Å². The van der Waals surface area contributed by atoms with Gasteiger partial charge in [0.05, 0.1) is 13.2 Å². The Morgan fingerprint density at radius 1 is 1.37 bits per heavy atom. The predicted octanol–water partition coefficient (Wildman–Crippen LogP) is 2.60. The minimum atomic E-state index is 0.0353. The molecule has 0 unspecified atom stereocenters. The van der Waals surface area contributed by atoms with Crippen molar-refractivity contribution in [1.29, 1.82) is 0 Å². The number of carbonyl (C=O) groups excluding carboxylic acids is 1. The lowest BCUT2D eigenvalue weighted by Gasteiger charge is -2.26. The summed E-state index contributed by atoms with van der Waals surface area (Å²) in [5, 5.41) is 1.68. The number of amides is 1. The number of aromatic amines is 1. The number of aryl methyl sites for hydroxylation is 1. The molecule has 3 rings (SSSR count). The third kappa shape index (κ3) is 2.22. The Kier molecular flexibility index (Phi) is 3.21. The summed E-state index contributed by atoms with van der Waals surface area (Å²) in [7, 11) is 0. The maximum atomic E-state index is 12.5. The number of halogens is 1. The van der Waals surface area contributed by atoms with Crippen LogP contribution < -0.4 is 0 Å². The number of hydrogen-bond acceptors (Lipinski definition) is 2. The van der Waals surface area contributed by atoms with Gasteiger partial charge in [0.2, 0.25) is 0 Å². The maximum absolute atomic E-state index is 12.5. The quantitative estimate of drug-likeness (QED) is 0.871. The normalized spacial score (nSPS) is 16.0. The highest BCUT2D eigenvalue weighted by atomic mass is 35.5. The number of rotatable bonds is 1. The van der Waals surface area contributed by atoms with Gasteiger partial charge in [-0.15, -0.1) is 0 Å². The summed E-state index contributed by atoms with van der Waals surface area (Å²) in [5.41, 5.74) is 2.55. The summed E-state index contributed by atoms with van der Waals surface area (Å²) in [6.45, 7) is 4.46. The fourth-order valence-electron chi connectivity index (χ4n) is 2.44. The van der Waals surface area contributed by atoms with E-state index in [0.29, 0.717) is 37.0 Å². The van der Waals surface area contributed by atoms with Crippen LogP contribution in [0.15, 0.2) is 18.2 Å². The van der Waals surface area contributed by atoms with Crippen LogP contribution in [-0.2, 0) is 4.74 Å². The van der Waals surface area contributed by atoms with Gasteiger partial charge in [-0.05, 0) is 30.7 Å². The first-order valence-corrected chi connectivity index (χ1v) is 6.69. The molecule has 1 aromatic carbocycles. The fourth-order valence-corrected chi connectivity index (χ4v) is 2.61. The lowest BCUT2D eigenvalue weighted by molar-refractivity contribution is 0.0299. The predicted molar refractivity (Wildman–Crippen MR) is 74.8 cm³/mol. The van der Waals surface area contributed by atoms with Crippen LogP contribution in [0.25, 0.3) is 10.9 Å². The largest absolute Gasteiger partial charge is 0.378 e. The molecule has 1 amide bonds. The molecule has 0 atom stereocenters. The number of fused-ring (bicyclic) bond motifs is 1. The van der Waals surface area contributed by atoms with Gasteiger partial charge in [-0.25, -0.2) is 0 Å². The van der Waals surface area contributed by atoms with Crippen molar-refractivity contribution >= 4 is 28.4 Å². The lowest BCUT2D eigenvalue weighted by Crippen LogP contribution is -2.41. The van der Waals surface area contributed by atoms with Crippen molar-refractivity contribution in [3.63, 3.8) is 0 Å². The van der Waals surface area contributed by atoms with Crippen LogP contribution in [0, 0.1) is 6.92 Å². The van der Waals surface area contributed by atoms with Crippen LogP contribution in [0.2, 0.25) is 5.02 Å². The second-order valence-corrected chi connectivity index (χ2v) is 5.16. The molecule has 1 N–H and O–H groups in total. The highest BCUT2D eigenvalue weighted by Crippen LogP contribution is 2.25. The van der Waals surface area contributed by atoms with Crippen molar-refractivity contribution in [2.24, 2.45) is 0 Å². The van der Waals surface area contributed by atoms with Gasteiger partial charge in [0.25, 0.3) is 5.91 Å². The number of carbonyl (C=O) groups is 1. The molecule has 100 valence electrons. The molecule has 19 heavy (non-hydrogen) atoms. The van der Waals surface area contributed by atoms with E-state index in [1.807, 2.05) is 30.0 Å². The topological polar surface area (TPSA) is 45.3 Å². The van der Waals surface area contributed by atoms with Gasteiger partial charge in [0, 0.05) is 29.0 Å². The average molecular weight is 279 g/mol. The standard InChI is InChI=1S/C14H15ClN2O2/c1-9-11-8-10(15)2-3-12(11)16-13(9)14(18)17-4-6-19-7-5-17/h2-3,8,16H,4-7H2,1H3. The molecule has 1 aliphatic heterocycles. The van der Waals surface area contributed by atoms with Gasteiger partial charge >= 0.3 is 0 Å².